The minimum atomic E-state index is -1.08. The van der Waals surface area contributed by atoms with Gasteiger partial charge in [0.05, 0.1) is 10.8 Å². The lowest BCUT2D eigenvalue weighted by Crippen LogP contribution is -2.19. The fourth-order valence-corrected chi connectivity index (χ4v) is 3.47. The van der Waals surface area contributed by atoms with Gasteiger partial charge in [0.1, 0.15) is 5.78 Å². The Hall–Kier alpha value is -1.22. The zero-order chi connectivity index (χ0) is 13.7. The van der Waals surface area contributed by atoms with Gasteiger partial charge in [0.15, 0.2) is 0 Å². The van der Waals surface area contributed by atoms with Gasteiger partial charge in [-0.05, 0) is 36.8 Å². The van der Waals surface area contributed by atoms with Crippen molar-refractivity contribution >= 4 is 16.6 Å². The summed E-state index contributed by atoms with van der Waals surface area (Å²) in [5.41, 5.74) is 0. The molecule has 0 N–H and O–H groups in total. The van der Waals surface area contributed by atoms with Crippen molar-refractivity contribution in [3.63, 3.8) is 0 Å². The SMILES string of the molecule is C[C@H](/C=C/[S@@](=O)c1ccccc1)[C@@H]1CCCC(=O)C1. The molecule has 2 rings (SSSR count). The summed E-state index contributed by atoms with van der Waals surface area (Å²) in [7, 11) is -1.08. The van der Waals surface area contributed by atoms with Gasteiger partial charge in [0, 0.05) is 23.1 Å². The molecule has 0 saturated heterocycles. The topological polar surface area (TPSA) is 34.1 Å². The highest BCUT2D eigenvalue weighted by Gasteiger charge is 2.23. The Balaban J connectivity index is 1.94. The molecule has 19 heavy (non-hydrogen) atoms. The van der Waals surface area contributed by atoms with Crippen molar-refractivity contribution in [1.29, 1.82) is 0 Å². The van der Waals surface area contributed by atoms with Crippen molar-refractivity contribution in [2.24, 2.45) is 11.8 Å². The average molecular weight is 276 g/mol. The highest BCUT2D eigenvalue weighted by atomic mass is 32.2. The van der Waals surface area contributed by atoms with Crippen LogP contribution < -0.4 is 0 Å². The van der Waals surface area contributed by atoms with Gasteiger partial charge in [-0.15, -0.1) is 0 Å². The van der Waals surface area contributed by atoms with Gasteiger partial charge < -0.3 is 0 Å². The van der Waals surface area contributed by atoms with Crippen molar-refractivity contribution in [1.82, 2.24) is 0 Å². The van der Waals surface area contributed by atoms with Crippen molar-refractivity contribution in [3.8, 4) is 0 Å². The summed E-state index contributed by atoms with van der Waals surface area (Å²) >= 11 is 0. The lowest BCUT2D eigenvalue weighted by atomic mass is 9.80. The Morgan fingerprint density at radius 2 is 2.05 bits per heavy atom. The highest BCUT2D eigenvalue weighted by molar-refractivity contribution is 7.88. The van der Waals surface area contributed by atoms with Crippen LogP contribution in [-0.2, 0) is 15.6 Å². The van der Waals surface area contributed by atoms with E-state index in [1.807, 2.05) is 36.4 Å². The van der Waals surface area contributed by atoms with Crippen molar-refractivity contribution in [3.05, 3.63) is 41.8 Å². The molecule has 1 aliphatic rings. The predicted molar refractivity (Wildman–Crippen MR) is 78.1 cm³/mol. The fourth-order valence-electron chi connectivity index (χ4n) is 2.49. The maximum atomic E-state index is 12.1. The first-order valence-corrected chi connectivity index (χ1v) is 8.04. The van der Waals surface area contributed by atoms with Crippen molar-refractivity contribution < 1.29 is 9.00 Å². The smallest absolute Gasteiger partial charge is 0.133 e. The lowest BCUT2D eigenvalue weighted by molar-refractivity contribution is -0.121. The molecule has 0 bridgehead atoms. The van der Waals surface area contributed by atoms with Crippen LogP contribution in [0.15, 0.2) is 46.7 Å². The summed E-state index contributed by atoms with van der Waals surface area (Å²) in [5.74, 6) is 1.11. The summed E-state index contributed by atoms with van der Waals surface area (Å²) in [6.45, 7) is 2.11. The van der Waals surface area contributed by atoms with E-state index in [1.165, 1.54) is 0 Å². The molecule has 0 spiro atoms. The van der Waals surface area contributed by atoms with Crippen LogP contribution in [0.1, 0.15) is 32.6 Å². The monoisotopic (exact) mass is 276 g/mol. The molecular weight excluding hydrogens is 256 g/mol. The number of benzene rings is 1. The van der Waals surface area contributed by atoms with E-state index in [0.29, 0.717) is 24.0 Å². The Kier molecular flexibility index (Phi) is 5.08. The highest BCUT2D eigenvalue weighted by Crippen LogP contribution is 2.28. The summed E-state index contributed by atoms with van der Waals surface area (Å²) in [4.78, 5) is 12.3. The van der Waals surface area contributed by atoms with Crippen LogP contribution in [0, 0.1) is 11.8 Å². The molecule has 1 aromatic rings. The molecule has 0 aliphatic heterocycles. The van der Waals surface area contributed by atoms with Crippen LogP contribution >= 0.6 is 0 Å². The number of carbonyl (C=O) groups excluding carboxylic acids is 1. The molecule has 0 radical (unpaired) electrons. The van der Waals surface area contributed by atoms with Crippen LogP contribution in [0.3, 0.4) is 0 Å². The molecule has 1 fully saturated rings. The molecule has 0 aromatic heterocycles. The molecule has 0 heterocycles. The fraction of sp³-hybridized carbons (Fsp3) is 0.438. The number of hydrogen-bond donors (Lipinski definition) is 0. The second-order valence-corrected chi connectivity index (χ2v) is 6.53. The molecule has 102 valence electrons. The van der Waals surface area contributed by atoms with Gasteiger partial charge >= 0.3 is 0 Å². The normalized spacial score (nSPS) is 23.4. The van der Waals surface area contributed by atoms with Crippen LogP contribution in [0.4, 0.5) is 0 Å². The number of ketones is 1. The number of hydrogen-bond acceptors (Lipinski definition) is 2. The van der Waals surface area contributed by atoms with Crippen LogP contribution in [-0.4, -0.2) is 9.99 Å². The molecule has 0 unspecified atom stereocenters. The number of carbonyl (C=O) groups is 1. The van der Waals surface area contributed by atoms with Crippen molar-refractivity contribution in [2.45, 2.75) is 37.5 Å². The zero-order valence-corrected chi connectivity index (χ0v) is 12.1. The van der Waals surface area contributed by atoms with Gasteiger partial charge in [-0.25, -0.2) is 4.21 Å². The van der Waals surface area contributed by atoms with E-state index in [4.69, 9.17) is 0 Å². The Morgan fingerprint density at radius 1 is 1.32 bits per heavy atom. The molecule has 3 atom stereocenters. The summed E-state index contributed by atoms with van der Waals surface area (Å²) in [5, 5.41) is 1.76. The minimum absolute atomic E-state index is 0.317. The lowest BCUT2D eigenvalue weighted by Gasteiger charge is -2.24. The van der Waals surface area contributed by atoms with Crippen LogP contribution in [0.5, 0.6) is 0 Å². The van der Waals surface area contributed by atoms with Gasteiger partial charge in [0.25, 0.3) is 0 Å². The molecular formula is C16H20O2S. The van der Waals surface area contributed by atoms with E-state index in [-0.39, 0.29) is 0 Å². The third-order valence-corrected chi connectivity index (χ3v) is 4.89. The van der Waals surface area contributed by atoms with Gasteiger partial charge in [-0.2, -0.15) is 0 Å². The van der Waals surface area contributed by atoms with E-state index >= 15 is 0 Å². The van der Waals surface area contributed by atoms with Gasteiger partial charge in [-0.3, -0.25) is 4.79 Å². The molecule has 1 aliphatic carbocycles. The summed E-state index contributed by atoms with van der Waals surface area (Å²) in [6.07, 6.45) is 5.54. The molecule has 2 nitrogen and oxygen atoms in total. The molecule has 1 aromatic carbocycles. The first-order valence-electron chi connectivity index (χ1n) is 6.82. The van der Waals surface area contributed by atoms with Gasteiger partial charge in [-0.1, -0.05) is 31.2 Å². The van der Waals surface area contributed by atoms with E-state index in [1.54, 1.807) is 5.41 Å². The maximum absolute atomic E-state index is 12.1. The average Bonchev–Trinajstić information content (AvgIpc) is 2.45. The minimum Gasteiger partial charge on any atom is -0.300 e. The number of rotatable bonds is 4. The largest absolute Gasteiger partial charge is 0.300 e. The summed E-state index contributed by atoms with van der Waals surface area (Å²) in [6, 6.07) is 9.44. The van der Waals surface area contributed by atoms with E-state index < -0.39 is 10.8 Å². The third kappa shape index (κ3) is 4.13. The molecule has 3 heteroatoms. The second kappa shape index (κ2) is 6.80. The zero-order valence-electron chi connectivity index (χ0n) is 11.2. The Bertz CT molecular complexity index is 479. The quantitative estimate of drug-likeness (QED) is 0.840. The van der Waals surface area contributed by atoms with E-state index in [2.05, 4.69) is 6.92 Å². The second-order valence-electron chi connectivity index (χ2n) is 5.19. The van der Waals surface area contributed by atoms with E-state index in [0.717, 1.165) is 24.2 Å². The summed E-state index contributed by atoms with van der Waals surface area (Å²) < 4.78 is 12.1. The predicted octanol–water partition coefficient (Wildman–Crippen LogP) is 3.70. The number of allylic oxidation sites excluding steroid dienone is 1. The molecule has 0 amide bonds. The molecule has 1 saturated carbocycles. The number of Topliss-reactive ketones (excluding diaryl/α,β-unsaturated/α-hetero) is 1. The standard InChI is InChI=1S/C16H20O2S/c1-13(14-6-5-7-15(17)12-14)10-11-19(18)16-8-3-2-4-9-16/h2-4,8-11,13-14H,5-7,12H2,1H3/b11-10+/t13-,14-,19-/m1/s1. The first-order chi connectivity index (χ1) is 9.16. The maximum Gasteiger partial charge on any atom is 0.133 e. The van der Waals surface area contributed by atoms with Crippen molar-refractivity contribution in [2.75, 3.05) is 0 Å². The Labute approximate surface area is 117 Å². The third-order valence-electron chi connectivity index (χ3n) is 3.75. The van der Waals surface area contributed by atoms with Crippen LogP contribution in [0.25, 0.3) is 0 Å². The van der Waals surface area contributed by atoms with Crippen LogP contribution in [0.2, 0.25) is 0 Å². The van der Waals surface area contributed by atoms with Gasteiger partial charge in [0.2, 0.25) is 0 Å². The first kappa shape index (κ1) is 14.2. The van der Waals surface area contributed by atoms with E-state index in [9.17, 15) is 9.00 Å². The Morgan fingerprint density at radius 3 is 2.74 bits per heavy atom.